The second-order valence-corrected chi connectivity index (χ2v) is 5.47. The molecule has 5 heteroatoms. The number of ether oxygens (including phenoxy) is 1. The Hall–Kier alpha value is -0.750. The highest BCUT2D eigenvalue weighted by atomic mass is 79.9. The van der Waals surface area contributed by atoms with Gasteiger partial charge in [0.2, 0.25) is 0 Å². The predicted molar refractivity (Wildman–Crippen MR) is 78.5 cm³/mol. The van der Waals surface area contributed by atoms with Crippen LogP contribution >= 0.6 is 15.9 Å². The summed E-state index contributed by atoms with van der Waals surface area (Å²) >= 11 is 3.35. The fraction of sp³-hybridized carbons (Fsp3) is 0.500. The van der Waals surface area contributed by atoms with Crippen LogP contribution in [0, 0.1) is 0 Å². The summed E-state index contributed by atoms with van der Waals surface area (Å²) in [5, 5.41) is 9.58. The van der Waals surface area contributed by atoms with Gasteiger partial charge in [-0.15, -0.1) is 0 Å². The van der Waals surface area contributed by atoms with E-state index in [-0.39, 0.29) is 5.78 Å². The molecule has 4 nitrogen and oxygen atoms in total. The molecule has 0 amide bonds. The predicted octanol–water partition coefficient (Wildman–Crippen LogP) is 1.96. The van der Waals surface area contributed by atoms with Crippen molar-refractivity contribution in [3.05, 3.63) is 34.3 Å². The van der Waals surface area contributed by atoms with E-state index in [4.69, 9.17) is 4.74 Å². The molecule has 0 aliphatic rings. The Balaban J connectivity index is 2.37. The highest BCUT2D eigenvalue weighted by Gasteiger charge is 2.11. The van der Waals surface area contributed by atoms with Gasteiger partial charge in [-0.25, -0.2) is 0 Å². The van der Waals surface area contributed by atoms with Crippen LogP contribution in [0.4, 0.5) is 0 Å². The van der Waals surface area contributed by atoms with Crippen molar-refractivity contribution in [1.29, 1.82) is 0 Å². The summed E-state index contributed by atoms with van der Waals surface area (Å²) in [5.41, 5.74) is 0.709. The van der Waals surface area contributed by atoms with Crippen molar-refractivity contribution in [2.75, 3.05) is 33.9 Å². The van der Waals surface area contributed by atoms with Crippen LogP contribution in [0.15, 0.2) is 28.7 Å². The molecule has 0 aromatic heterocycles. The first-order valence-corrected chi connectivity index (χ1v) is 6.96. The van der Waals surface area contributed by atoms with Gasteiger partial charge in [-0.1, -0.05) is 28.1 Å². The fourth-order valence-corrected chi connectivity index (χ4v) is 2.19. The van der Waals surface area contributed by atoms with Crippen molar-refractivity contribution in [1.82, 2.24) is 4.90 Å². The number of methoxy groups -OCH3 is 1. The monoisotopic (exact) mass is 329 g/mol. The largest absolute Gasteiger partial charge is 0.389 e. The van der Waals surface area contributed by atoms with Crippen LogP contribution in [0.5, 0.6) is 0 Å². The molecule has 106 valence electrons. The number of ketones is 1. The SMILES string of the molecule is COCC(O)CN(C)CCC(=O)c1cccc(Br)c1. The van der Waals surface area contributed by atoms with E-state index in [0.29, 0.717) is 31.7 Å². The average molecular weight is 330 g/mol. The quantitative estimate of drug-likeness (QED) is 0.741. The van der Waals surface area contributed by atoms with E-state index in [1.165, 1.54) is 0 Å². The second kappa shape index (κ2) is 8.43. The number of nitrogens with zero attached hydrogens (tertiary/aromatic N) is 1. The minimum absolute atomic E-state index is 0.106. The first kappa shape index (κ1) is 16.3. The Bertz CT molecular complexity index is 411. The number of halogens is 1. The van der Waals surface area contributed by atoms with Crippen LogP contribution in [-0.2, 0) is 4.74 Å². The average Bonchev–Trinajstić information content (AvgIpc) is 2.36. The summed E-state index contributed by atoms with van der Waals surface area (Å²) in [4.78, 5) is 13.9. The lowest BCUT2D eigenvalue weighted by atomic mass is 10.1. The molecule has 0 aliphatic carbocycles. The highest BCUT2D eigenvalue weighted by Crippen LogP contribution is 2.13. The fourth-order valence-electron chi connectivity index (χ4n) is 1.79. The third kappa shape index (κ3) is 6.29. The molecular formula is C14H20BrNO3. The van der Waals surface area contributed by atoms with Crippen molar-refractivity contribution in [3.8, 4) is 0 Å². The van der Waals surface area contributed by atoms with Gasteiger partial charge in [-0.2, -0.15) is 0 Å². The number of hydrogen-bond donors (Lipinski definition) is 1. The maximum Gasteiger partial charge on any atom is 0.164 e. The molecule has 0 saturated heterocycles. The Morgan fingerprint density at radius 3 is 2.89 bits per heavy atom. The number of rotatable bonds is 8. The molecule has 0 aliphatic heterocycles. The summed E-state index contributed by atoms with van der Waals surface area (Å²) in [6, 6.07) is 7.38. The molecule has 0 heterocycles. The van der Waals surface area contributed by atoms with Crippen LogP contribution in [-0.4, -0.2) is 55.7 Å². The van der Waals surface area contributed by atoms with Crippen molar-refractivity contribution < 1.29 is 14.6 Å². The topological polar surface area (TPSA) is 49.8 Å². The molecule has 1 aromatic carbocycles. The highest BCUT2D eigenvalue weighted by molar-refractivity contribution is 9.10. The molecule has 0 bridgehead atoms. The van der Waals surface area contributed by atoms with Gasteiger partial charge in [0, 0.05) is 36.7 Å². The van der Waals surface area contributed by atoms with E-state index < -0.39 is 6.10 Å². The lowest BCUT2D eigenvalue weighted by Gasteiger charge is -2.19. The molecule has 0 saturated carbocycles. The van der Waals surface area contributed by atoms with Crippen molar-refractivity contribution in [3.63, 3.8) is 0 Å². The summed E-state index contributed by atoms with van der Waals surface area (Å²) in [6.45, 7) is 1.43. The van der Waals surface area contributed by atoms with Crippen LogP contribution < -0.4 is 0 Å². The van der Waals surface area contributed by atoms with Gasteiger partial charge in [-0.3, -0.25) is 4.79 Å². The number of aliphatic hydroxyl groups excluding tert-OH is 1. The summed E-state index contributed by atoms with van der Waals surface area (Å²) < 4.78 is 5.77. The molecule has 1 atom stereocenters. The first-order chi connectivity index (χ1) is 9.02. The summed E-state index contributed by atoms with van der Waals surface area (Å²) in [6.07, 6.45) is -0.0805. The molecule has 1 unspecified atom stereocenters. The third-order valence-electron chi connectivity index (χ3n) is 2.75. The maximum absolute atomic E-state index is 12.0. The van der Waals surface area contributed by atoms with E-state index in [2.05, 4.69) is 15.9 Å². The van der Waals surface area contributed by atoms with Crippen molar-refractivity contribution in [2.24, 2.45) is 0 Å². The normalized spacial score (nSPS) is 12.7. The van der Waals surface area contributed by atoms with Crippen molar-refractivity contribution >= 4 is 21.7 Å². The van der Waals surface area contributed by atoms with Crippen molar-refractivity contribution in [2.45, 2.75) is 12.5 Å². The van der Waals surface area contributed by atoms with Crippen LogP contribution in [0.3, 0.4) is 0 Å². The van der Waals surface area contributed by atoms with E-state index in [0.717, 1.165) is 4.47 Å². The molecule has 1 rings (SSSR count). The number of Topliss-reactive ketones (excluding diaryl/α,β-unsaturated/α-hetero) is 1. The van der Waals surface area contributed by atoms with Gasteiger partial charge in [0.1, 0.15) is 0 Å². The first-order valence-electron chi connectivity index (χ1n) is 6.17. The Morgan fingerprint density at radius 1 is 1.53 bits per heavy atom. The smallest absolute Gasteiger partial charge is 0.164 e. The van der Waals surface area contributed by atoms with Gasteiger partial charge in [0.05, 0.1) is 12.7 Å². The number of benzene rings is 1. The van der Waals surface area contributed by atoms with Gasteiger partial charge >= 0.3 is 0 Å². The zero-order valence-corrected chi connectivity index (χ0v) is 12.9. The zero-order chi connectivity index (χ0) is 14.3. The van der Waals surface area contributed by atoms with Gasteiger partial charge in [-0.05, 0) is 19.2 Å². The van der Waals surface area contributed by atoms with Crippen LogP contribution in [0.25, 0.3) is 0 Å². The molecule has 0 fully saturated rings. The second-order valence-electron chi connectivity index (χ2n) is 4.55. The molecule has 1 aromatic rings. The number of likely N-dealkylation sites (N-methyl/N-ethyl adjacent to an activating group) is 1. The van der Waals surface area contributed by atoms with E-state index >= 15 is 0 Å². The Morgan fingerprint density at radius 2 is 2.26 bits per heavy atom. The van der Waals surface area contributed by atoms with Gasteiger partial charge < -0.3 is 14.7 Å². The molecular weight excluding hydrogens is 310 g/mol. The minimum Gasteiger partial charge on any atom is -0.389 e. The summed E-state index contributed by atoms with van der Waals surface area (Å²) in [7, 11) is 3.44. The Kier molecular flexibility index (Phi) is 7.23. The number of carbonyl (C=O) groups excluding carboxylic acids is 1. The van der Waals surface area contributed by atoms with E-state index in [1.54, 1.807) is 7.11 Å². The van der Waals surface area contributed by atoms with Gasteiger partial charge in [0.15, 0.2) is 5.78 Å². The molecule has 19 heavy (non-hydrogen) atoms. The van der Waals surface area contributed by atoms with Crippen LogP contribution in [0.2, 0.25) is 0 Å². The molecule has 0 spiro atoms. The molecule has 1 N–H and O–H groups in total. The number of hydrogen-bond acceptors (Lipinski definition) is 4. The number of carbonyl (C=O) groups is 1. The number of aliphatic hydroxyl groups is 1. The standard InChI is InChI=1S/C14H20BrNO3/c1-16(9-13(17)10-19-2)7-6-14(18)11-4-3-5-12(15)8-11/h3-5,8,13,17H,6-7,9-10H2,1-2H3. The van der Waals surface area contributed by atoms with E-state index in [9.17, 15) is 9.90 Å². The van der Waals surface area contributed by atoms with Gasteiger partial charge in [0.25, 0.3) is 0 Å². The third-order valence-corrected chi connectivity index (χ3v) is 3.24. The zero-order valence-electron chi connectivity index (χ0n) is 11.3. The Labute approximate surface area is 122 Å². The minimum atomic E-state index is -0.518. The lowest BCUT2D eigenvalue weighted by Crippen LogP contribution is -2.33. The van der Waals surface area contributed by atoms with Crippen LogP contribution in [0.1, 0.15) is 16.8 Å². The lowest BCUT2D eigenvalue weighted by molar-refractivity contribution is 0.0428. The van der Waals surface area contributed by atoms with E-state index in [1.807, 2.05) is 36.2 Å². The summed E-state index contributed by atoms with van der Waals surface area (Å²) in [5.74, 6) is 0.106. The molecule has 0 radical (unpaired) electrons. The maximum atomic E-state index is 12.0.